The summed E-state index contributed by atoms with van der Waals surface area (Å²) in [6.45, 7) is 0. The minimum atomic E-state index is 0.917. The average Bonchev–Trinajstić information content (AvgIpc) is 1.46. The normalized spacial score (nSPS) is 3.60. The van der Waals surface area contributed by atoms with E-state index in [0.717, 1.165) is 9.55 Å². The van der Waals surface area contributed by atoms with Crippen LogP contribution >= 0.6 is 9.55 Å². The molecule has 0 fully saturated rings. The molecule has 0 spiro atoms. The van der Waals surface area contributed by atoms with Crippen LogP contribution in [0.3, 0.4) is 0 Å². The Balaban J connectivity index is 0. The number of rotatable bonds is 0. The second kappa shape index (κ2) is 49.6. The van der Waals surface area contributed by atoms with Crippen LogP contribution in [0.2, 0.25) is 0 Å². The van der Waals surface area contributed by atoms with Crippen LogP contribution in [-0.2, 0) is 0 Å². The summed E-state index contributed by atoms with van der Waals surface area (Å²) in [5, 5.41) is 7.89. The molecule has 0 aliphatic carbocycles. The van der Waals surface area contributed by atoms with E-state index < -0.39 is 0 Å². The lowest BCUT2D eigenvalue weighted by Gasteiger charge is -1.32. The van der Waals surface area contributed by atoms with Crippen LogP contribution in [0.25, 0.3) is 0 Å². The van der Waals surface area contributed by atoms with Crippen LogP contribution < -0.4 is 0 Å². The lowest BCUT2D eigenvalue weighted by atomic mass is 13.4. The first-order chi connectivity index (χ1) is 2.41. The summed E-state index contributed by atoms with van der Waals surface area (Å²) in [5.41, 5.74) is 0. The largest absolute Gasteiger partial charge is 0.379 e. The molecular formula is H3FNO2P. The summed E-state index contributed by atoms with van der Waals surface area (Å²) < 4.78 is 9.42. The van der Waals surface area contributed by atoms with Gasteiger partial charge >= 0.3 is 0 Å². The highest BCUT2D eigenvalue weighted by atomic mass is 31.1. The van der Waals surface area contributed by atoms with Gasteiger partial charge in [0.1, 0.15) is 0 Å². The number of halogens is 1. The van der Waals surface area contributed by atoms with Crippen molar-refractivity contribution in [3.05, 3.63) is 4.91 Å². The van der Waals surface area contributed by atoms with Crippen LogP contribution in [0.15, 0.2) is 5.34 Å². The molecule has 0 bridgehead atoms. The quantitative estimate of drug-likeness (QED) is 0.278. The van der Waals surface area contributed by atoms with Crippen molar-refractivity contribution in [2.45, 2.75) is 0 Å². The molecule has 3 nitrogen and oxygen atoms in total. The fourth-order valence-corrected chi connectivity index (χ4v) is 0. The molecule has 1 N–H and O–H groups in total. The third kappa shape index (κ3) is 202. The van der Waals surface area contributed by atoms with Gasteiger partial charge in [-0.15, -0.1) is 4.91 Å². The lowest BCUT2D eigenvalue weighted by molar-refractivity contribution is 0.312. The maximum absolute atomic E-state index is 9.42. The van der Waals surface area contributed by atoms with Crippen molar-refractivity contribution in [1.29, 1.82) is 0 Å². The Bertz CT molecular complexity index is 17.1. The summed E-state index contributed by atoms with van der Waals surface area (Å²) >= 11 is 0. The van der Waals surface area contributed by atoms with Gasteiger partial charge in [0.2, 0.25) is 0 Å². The molecule has 1 atom stereocenters. The zero-order chi connectivity index (χ0) is 4.71. The number of hydrogen-bond donors (Lipinski definition) is 1. The third-order valence-electron chi connectivity index (χ3n) is 0. The maximum Gasteiger partial charge on any atom is 0.152 e. The first-order valence-electron chi connectivity index (χ1n) is 0.601. The smallest absolute Gasteiger partial charge is 0.152 e. The highest BCUT2D eigenvalue weighted by molar-refractivity contribution is 7.09. The van der Waals surface area contributed by atoms with Crippen molar-refractivity contribution in [1.82, 2.24) is 0 Å². The maximum atomic E-state index is 9.42. The topological polar surface area (TPSA) is 49.7 Å². The van der Waals surface area contributed by atoms with E-state index >= 15 is 0 Å². The van der Waals surface area contributed by atoms with Crippen LogP contribution in [0.5, 0.6) is 0 Å². The van der Waals surface area contributed by atoms with Gasteiger partial charge in [-0.1, -0.05) is 0 Å². The van der Waals surface area contributed by atoms with E-state index in [0.29, 0.717) is 0 Å². The van der Waals surface area contributed by atoms with Crippen LogP contribution in [-0.4, -0.2) is 5.21 Å². The molecule has 1 unspecified atom stereocenters. The molecule has 5 heteroatoms. The second-order valence-electron chi connectivity index (χ2n) is 0.0816. The zero-order valence-corrected chi connectivity index (χ0v) is 3.41. The van der Waals surface area contributed by atoms with Gasteiger partial charge in [-0.3, -0.25) is 0 Å². The fraction of sp³-hybridized carbons (Fsp3) is 0. The average molecular weight is 99.0 g/mol. The summed E-state index contributed by atoms with van der Waals surface area (Å²) in [7, 11) is 0.917. The summed E-state index contributed by atoms with van der Waals surface area (Å²) in [4.78, 5) is 8.11. The molecular weight excluding hydrogens is 96.0 g/mol. The Labute approximate surface area is 30.4 Å². The first-order valence-corrected chi connectivity index (χ1v) is 1.04. The fourth-order valence-electron chi connectivity index (χ4n) is 0. The van der Waals surface area contributed by atoms with E-state index in [4.69, 9.17) is 10.1 Å². The monoisotopic (exact) mass is 99.0 g/mol. The molecule has 0 saturated heterocycles. The Morgan fingerprint density at radius 2 is 1.80 bits per heavy atom. The molecule has 0 saturated carbocycles. The zero-order valence-electron chi connectivity index (χ0n) is 2.26. The minimum absolute atomic E-state index is 0.917. The number of nitrogens with zero attached hydrogens (tertiary/aromatic N) is 1. The molecule has 5 heavy (non-hydrogen) atoms. The van der Waals surface area contributed by atoms with Crippen molar-refractivity contribution in [2.75, 3.05) is 0 Å². The minimum Gasteiger partial charge on any atom is -0.379 e. The summed E-state index contributed by atoms with van der Waals surface area (Å²) in [6, 6.07) is 0. The van der Waals surface area contributed by atoms with Gasteiger partial charge in [0.25, 0.3) is 0 Å². The number of hydrogen-bond acceptors (Lipinski definition) is 2. The Morgan fingerprint density at radius 3 is 1.80 bits per heavy atom. The first kappa shape index (κ1) is 8.83. The summed E-state index contributed by atoms with van der Waals surface area (Å²) in [5.74, 6) is 0. The van der Waals surface area contributed by atoms with Crippen molar-refractivity contribution in [2.24, 2.45) is 5.34 Å². The highest BCUT2D eigenvalue weighted by Crippen LogP contribution is 1.66. The van der Waals surface area contributed by atoms with Crippen molar-refractivity contribution in [3.8, 4) is 0 Å². The van der Waals surface area contributed by atoms with Crippen molar-refractivity contribution < 1.29 is 9.40 Å². The van der Waals surface area contributed by atoms with Crippen molar-refractivity contribution >= 4 is 9.55 Å². The molecule has 0 aliphatic heterocycles. The standard InChI is InChI=1S/FH2P.HNO2/c1-2;2-1-3/h2H2;(H,2,3). The van der Waals surface area contributed by atoms with Gasteiger partial charge in [0.05, 0.1) is 9.55 Å². The summed E-state index contributed by atoms with van der Waals surface area (Å²) in [6.07, 6.45) is 0. The Kier molecular flexibility index (Phi) is 87.6. The van der Waals surface area contributed by atoms with Gasteiger partial charge in [0.15, 0.2) is 5.34 Å². The van der Waals surface area contributed by atoms with E-state index in [1.165, 1.54) is 5.34 Å². The predicted molar refractivity (Wildman–Crippen MR) is 18.4 cm³/mol. The molecule has 0 aromatic rings. The highest BCUT2D eigenvalue weighted by Gasteiger charge is 1.18. The Hall–Kier alpha value is -0.240. The van der Waals surface area contributed by atoms with Crippen LogP contribution in [0, 0.1) is 4.91 Å². The molecule has 0 radical (unpaired) electrons. The van der Waals surface area contributed by atoms with Crippen molar-refractivity contribution in [3.63, 3.8) is 0 Å². The van der Waals surface area contributed by atoms with Gasteiger partial charge < -0.3 is 5.21 Å². The van der Waals surface area contributed by atoms with Gasteiger partial charge in [-0.05, 0) is 0 Å². The van der Waals surface area contributed by atoms with E-state index in [1.807, 2.05) is 0 Å². The molecule has 32 valence electrons. The van der Waals surface area contributed by atoms with Gasteiger partial charge in [0, 0.05) is 0 Å². The van der Waals surface area contributed by atoms with E-state index in [-0.39, 0.29) is 0 Å². The lowest BCUT2D eigenvalue weighted by Crippen LogP contribution is -1.25. The van der Waals surface area contributed by atoms with Gasteiger partial charge in [-0.25, -0.2) is 4.20 Å². The molecule has 0 aromatic heterocycles. The SMILES string of the molecule is FP.O=NO. The van der Waals surface area contributed by atoms with E-state index in [1.54, 1.807) is 0 Å². The molecule has 0 rings (SSSR count). The molecule has 0 heterocycles. The van der Waals surface area contributed by atoms with Crippen LogP contribution in [0.4, 0.5) is 4.20 Å². The Morgan fingerprint density at radius 1 is 1.80 bits per heavy atom. The third-order valence-corrected chi connectivity index (χ3v) is 0. The predicted octanol–water partition coefficient (Wildman–Crippen LogP) is 0.888. The molecule has 0 amide bonds. The molecule has 0 aromatic carbocycles. The van der Waals surface area contributed by atoms with Crippen LogP contribution in [0.1, 0.15) is 0 Å². The molecule has 0 aliphatic rings. The van der Waals surface area contributed by atoms with E-state index in [2.05, 4.69) is 0 Å². The van der Waals surface area contributed by atoms with E-state index in [9.17, 15) is 4.20 Å². The van der Waals surface area contributed by atoms with Gasteiger partial charge in [-0.2, -0.15) is 0 Å². The second-order valence-corrected chi connectivity index (χ2v) is 0.0816.